The Morgan fingerprint density at radius 3 is 2.45 bits per heavy atom. The van der Waals surface area contributed by atoms with Crippen molar-refractivity contribution in [2.24, 2.45) is 0 Å². The van der Waals surface area contributed by atoms with E-state index >= 15 is 0 Å². The first-order valence-electron chi connectivity index (χ1n) is 6.67. The van der Waals surface area contributed by atoms with E-state index in [9.17, 15) is 16.8 Å². The summed E-state index contributed by atoms with van der Waals surface area (Å²) in [4.78, 5) is 0.907. The van der Waals surface area contributed by atoms with Crippen molar-refractivity contribution in [3.63, 3.8) is 0 Å². The lowest BCUT2D eigenvalue weighted by Gasteiger charge is -2.26. The summed E-state index contributed by atoms with van der Waals surface area (Å²) in [6.45, 7) is 0.220. The van der Waals surface area contributed by atoms with Crippen molar-refractivity contribution in [2.75, 3.05) is 11.5 Å². The van der Waals surface area contributed by atoms with E-state index in [1.165, 1.54) is 15.6 Å². The zero-order valence-electron chi connectivity index (χ0n) is 11.6. The molecular formula is C13H15NO4S4. The molecule has 22 heavy (non-hydrogen) atoms. The number of hydrogen-bond acceptors (Lipinski definition) is 6. The molecular weight excluding hydrogens is 362 g/mol. The molecule has 0 radical (unpaired) electrons. The molecule has 1 aliphatic heterocycles. The predicted octanol–water partition coefficient (Wildman–Crippen LogP) is 2.19. The Morgan fingerprint density at radius 2 is 1.91 bits per heavy atom. The minimum atomic E-state index is -3.67. The Morgan fingerprint density at radius 1 is 1.18 bits per heavy atom. The summed E-state index contributed by atoms with van der Waals surface area (Å²) in [5.74, 6) is -0.0401. The van der Waals surface area contributed by atoms with Crippen LogP contribution in [0.4, 0.5) is 0 Å². The number of hydrogen-bond donors (Lipinski definition) is 0. The predicted molar refractivity (Wildman–Crippen MR) is 88.4 cm³/mol. The van der Waals surface area contributed by atoms with Gasteiger partial charge in [0.05, 0.1) is 11.5 Å². The van der Waals surface area contributed by atoms with Crippen LogP contribution in [0.2, 0.25) is 0 Å². The number of rotatable bonds is 5. The lowest BCUT2D eigenvalue weighted by molar-refractivity contribution is 0.337. The minimum absolute atomic E-state index is 0.0541. The van der Waals surface area contributed by atoms with Gasteiger partial charge < -0.3 is 0 Å². The first kappa shape index (κ1) is 16.1. The second kappa shape index (κ2) is 6.04. The zero-order chi connectivity index (χ0) is 15.8. The van der Waals surface area contributed by atoms with E-state index in [4.69, 9.17) is 0 Å². The lowest BCUT2D eigenvalue weighted by Crippen LogP contribution is -2.40. The molecule has 5 nitrogen and oxygen atoms in total. The molecule has 3 rings (SSSR count). The van der Waals surface area contributed by atoms with E-state index in [2.05, 4.69) is 0 Å². The first-order chi connectivity index (χ1) is 10.4. The molecule has 0 N–H and O–H groups in total. The third-order valence-corrected chi connectivity index (χ3v) is 9.45. The summed E-state index contributed by atoms with van der Waals surface area (Å²) >= 11 is 2.62. The van der Waals surface area contributed by atoms with Crippen molar-refractivity contribution in [3.05, 3.63) is 39.9 Å². The van der Waals surface area contributed by atoms with Gasteiger partial charge in [0.2, 0.25) is 0 Å². The van der Waals surface area contributed by atoms with Crippen LogP contribution >= 0.6 is 22.7 Å². The van der Waals surface area contributed by atoms with Gasteiger partial charge in [-0.2, -0.15) is 4.31 Å². The SMILES string of the molecule is O=S1(=O)CC[C@@H](N(Cc2cccs2)S(=O)(=O)c2cccs2)C1. The van der Waals surface area contributed by atoms with E-state index in [0.29, 0.717) is 6.42 Å². The number of thiophene rings is 2. The number of sulfone groups is 1. The third-order valence-electron chi connectivity index (χ3n) is 3.57. The first-order valence-corrected chi connectivity index (χ1v) is 11.7. The van der Waals surface area contributed by atoms with Gasteiger partial charge >= 0.3 is 0 Å². The van der Waals surface area contributed by atoms with Crippen molar-refractivity contribution in [1.29, 1.82) is 0 Å². The highest BCUT2D eigenvalue weighted by molar-refractivity contribution is 7.92. The van der Waals surface area contributed by atoms with Crippen LogP contribution in [0.5, 0.6) is 0 Å². The van der Waals surface area contributed by atoms with Crippen LogP contribution in [0, 0.1) is 0 Å². The van der Waals surface area contributed by atoms with Crippen molar-refractivity contribution in [1.82, 2.24) is 4.31 Å². The van der Waals surface area contributed by atoms with E-state index in [1.54, 1.807) is 17.5 Å². The Labute approximate surface area is 138 Å². The van der Waals surface area contributed by atoms with Gasteiger partial charge in [0.1, 0.15) is 4.21 Å². The molecule has 0 spiro atoms. The minimum Gasteiger partial charge on any atom is -0.229 e. The molecule has 0 aromatic carbocycles. The standard InChI is InChI=1S/C13H15NO4S4/c15-21(16)8-5-11(10-21)14(9-12-3-1-6-19-12)22(17,18)13-4-2-7-20-13/h1-4,6-7,11H,5,8-10H2/t11-/m1/s1. The number of sulfonamides is 1. The average Bonchev–Trinajstić information content (AvgIpc) is 3.17. The fraction of sp³-hybridized carbons (Fsp3) is 0.385. The van der Waals surface area contributed by atoms with Crippen LogP contribution in [0.3, 0.4) is 0 Å². The van der Waals surface area contributed by atoms with Gasteiger partial charge in [0, 0.05) is 17.5 Å². The van der Waals surface area contributed by atoms with Crippen LogP contribution in [-0.2, 0) is 26.4 Å². The van der Waals surface area contributed by atoms with E-state index < -0.39 is 25.9 Å². The molecule has 9 heteroatoms. The molecule has 1 fully saturated rings. The summed E-state index contributed by atoms with van der Waals surface area (Å²) in [7, 11) is -6.82. The Hall–Kier alpha value is -0.740. The molecule has 2 aromatic rings. The van der Waals surface area contributed by atoms with Crippen molar-refractivity contribution >= 4 is 42.5 Å². The molecule has 0 unspecified atom stereocenters. The smallest absolute Gasteiger partial charge is 0.229 e. The molecule has 1 saturated heterocycles. The molecule has 0 aliphatic carbocycles. The summed E-state index contributed by atoms with van der Waals surface area (Å²) < 4.78 is 50.8. The normalized spacial score (nSPS) is 21.4. The van der Waals surface area contributed by atoms with E-state index in [-0.39, 0.29) is 22.3 Å². The average molecular weight is 378 g/mol. The largest absolute Gasteiger partial charge is 0.253 e. The summed E-state index contributed by atoms with van der Waals surface area (Å²) in [5, 5.41) is 3.60. The van der Waals surface area contributed by atoms with E-state index in [1.807, 2.05) is 17.5 Å². The maximum Gasteiger partial charge on any atom is 0.253 e. The van der Waals surface area contributed by atoms with Crippen molar-refractivity contribution in [3.8, 4) is 0 Å². The van der Waals surface area contributed by atoms with Gasteiger partial charge in [-0.05, 0) is 29.3 Å². The second-order valence-corrected chi connectivity index (χ2v) is 11.4. The number of nitrogens with zero attached hydrogens (tertiary/aromatic N) is 1. The van der Waals surface area contributed by atoms with Crippen LogP contribution < -0.4 is 0 Å². The van der Waals surface area contributed by atoms with Gasteiger partial charge in [-0.15, -0.1) is 22.7 Å². The molecule has 0 amide bonds. The van der Waals surface area contributed by atoms with Crippen molar-refractivity contribution in [2.45, 2.75) is 23.2 Å². The summed E-state index contributed by atoms with van der Waals surface area (Å²) in [6.07, 6.45) is 0.359. The highest BCUT2D eigenvalue weighted by atomic mass is 32.2. The van der Waals surface area contributed by atoms with Crippen LogP contribution in [-0.4, -0.2) is 38.7 Å². The Kier molecular flexibility index (Phi) is 4.43. The maximum absolute atomic E-state index is 12.9. The van der Waals surface area contributed by atoms with Gasteiger partial charge in [-0.1, -0.05) is 12.1 Å². The molecule has 0 bridgehead atoms. The quantitative estimate of drug-likeness (QED) is 0.801. The molecule has 2 aromatic heterocycles. The van der Waals surface area contributed by atoms with Gasteiger partial charge in [0.25, 0.3) is 10.0 Å². The van der Waals surface area contributed by atoms with Gasteiger partial charge in [-0.3, -0.25) is 0 Å². The Balaban J connectivity index is 1.96. The molecule has 0 saturated carbocycles. The fourth-order valence-corrected chi connectivity index (χ4v) is 7.86. The molecule has 1 atom stereocenters. The zero-order valence-corrected chi connectivity index (χ0v) is 14.8. The van der Waals surface area contributed by atoms with Crippen LogP contribution in [0.15, 0.2) is 39.2 Å². The second-order valence-electron chi connectivity index (χ2n) is 5.12. The maximum atomic E-state index is 12.9. The van der Waals surface area contributed by atoms with Gasteiger partial charge in [0.15, 0.2) is 9.84 Å². The van der Waals surface area contributed by atoms with Crippen molar-refractivity contribution < 1.29 is 16.8 Å². The highest BCUT2D eigenvalue weighted by Crippen LogP contribution is 2.29. The molecule has 1 aliphatic rings. The fourth-order valence-electron chi connectivity index (χ4n) is 2.49. The van der Waals surface area contributed by atoms with Gasteiger partial charge in [-0.25, -0.2) is 16.8 Å². The van der Waals surface area contributed by atoms with E-state index in [0.717, 1.165) is 16.2 Å². The topological polar surface area (TPSA) is 71.5 Å². The molecule has 120 valence electrons. The van der Waals surface area contributed by atoms with Crippen LogP contribution in [0.1, 0.15) is 11.3 Å². The monoisotopic (exact) mass is 377 g/mol. The highest BCUT2D eigenvalue weighted by Gasteiger charge is 2.39. The Bertz CT molecular complexity index is 823. The summed E-state index contributed by atoms with van der Waals surface area (Å²) in [6, 6.07) is 6.49. The third kappa shape index (κ3) is 3.28. The summed E-state index contributed by atoms with van der Waals surface area (Å²) in [5.41, 5.74) is 0. The van der Waals surface area contributed by atoms with Crippen LogP contribution in [0.25, 0.3) is 0 Å². The molecule has 3 heterocycles. The lowest BCUT2D eigenvalue weighted by atomic mass is 10.2.